The third kappa shape index (κ3) is 4.02. The van der Waals surface area contributed by atoms with E-state index in [1.165, 1.54) is 12.1 Å². The molecule has 7 nitrogen and oxygen atoms in total. The van der Waals surface area contributed by atoms with Gasteiger partial charge in [-0.1, -0.05) is 13.8 Å². The summed E-state index contributed by atoms with van der Waals surface area (Å²) >= 11 is 0. The Labute approximate surface area is 210 Å². The molecule has 0 atom stereocenters. The zero-order valence-electron chi connectivity index (χ0n) is 20.7. The predicted octanol–water partition coefficient (Wildman–Crippen LogP) is 7.62. The first-order valence-corrected chi connectivity index (χ1v) is 11.9. The van der Waals surface area contributed by atoms with Crippen LogP contribution >= 0.6 is 0 Å². The van der Waals surface area contributed by atoms with Gasteiger partial charge in [-0.05, 0) is 85.4 Å². The molecule has 3 aromatic rings. The summed E-state index contributed by atoms with van der Waals surface area (Å²) in [5, 5.41) is 12.2. The third-order valence-corrected chi connectivity index (χ3v) is 6.90. The van der Waals surface area contributed by atoms with Crippen molar-refractivity contribution >= 4 is 51.1 Å². The second kappa shape index (κ2) is 8.72. The van der Waals surface area contributed by atoms with Gasteiger partial charge in [0, 0.05) is 16.6 Å². The van der Waals surface area contributed by atoms with Crippen LogP contribution in [-0.4, -0.2) is 24.9 Å². The Morgan fingerprint density at radius 1 is 0.946 bits per heavy atom. The average Bonchev–Trinajstić information content (AvgIpc) is 3.58. The molecule has 3 aromatic heterocycles. The van der Waals surface area contributed by atoms with Crippen LogP contribution in [0.25, 0.3) is 45.4 Å². The lowest BCUT2D eigenvalue weighted by atomic mass is 10.0. The van der Waals surface area contributed by atoms with Crippen molar-refractivity contribution in [2.24, 2.45) is 0 Å². The van der Waals surface area contributed by atoms with Crippen molar-refractivity contribution in [3.05, 3.63) is 73.8 Å². The van der Waals surface area contributed by atoms with Crippen molar-refractivity contribution in [3.63, 3.8) is 0 Å². The number of aromatic amines is 2. The fourth-order valence-electron chi connectivity index (χ4n) is 5.11. The van der Waals surface area contributed by atoms with E-state index in [1.807, 2.05) is 26.8 Å². The molecule has 5 rings (SSSR count). The molecule has 2 aliphatic rings. The first-order chi connectivity index (χ1) is 17.5. The van der Waals surface area contributed by atoms with Crippen molar-refractivity contribution in [3.8, 4) is 0 Å². The van der Waals surface area contributed by atoms with Gasteiger partial charge in [0.25, 0.3) is 0 Å². The minimum absolute atomic E-state index is 0.105. The molecular weight excluding hydrogens is 483 g/mol. The Hall–Kier alpha value is -4.21. The summed E-state index contributed by atoms with van der Waals surface area (Å²) in [6, 6.07) is 6.57. The molecule has 2 aliphatic heterocycles. The maximum Gasteiger partial charge on any atom is 0.420 e. The number of hydrogen-bond acceptors (Lipinski definition) is 4. The molecule has 8 bridgehead atoms. The van der Waals surface area contributed by atoms with E-state index in [4.69, 9.17) is 0 Å². The second-order valence-electron chi connectivity index (χ2n) is 9.02. The summed E-state index contributed by atoms with van der Waals surface area (Å²) in [6.07, 6.45) is -1.06. The molecule has 5 heterocycles. The number of alkyl halides is 3. The molecule has 0 radical (unpaired) electrons. The molecule has 37 heavy (non-hydrogen) atoms. The van der Waals surface area contributed by atoms with Crippen molar-refractivity contribution in [2.75, 3.05) is 0 Å². The lowest BCUT2D eigenvalue weighted by Crippen LogP contribution is -2.08. The van der Waals surface area contributed by atoms with Crippen LogP contribution in [-0.2, 0) is 12.6 Å². The Morgan fingerprint density at radius 2 is 1.68 bits per heavy atom. The highest BCUT2D eigenvalue weighted by Gasteiger charge is 2.37. The monoisotopic (exact) mass is 507 g/mol. The second-order valence-corrected chi connectivity index (χ2v) is 9.02. The highest BCUT2D eigenvalue weighted by atomic mass is 19.4. The first kappa shape index (κ1) is 24.5. The van der Waals surface area contributed by atoms with Crippen molar-refractivity contribution in [1.82, 2.24) is 19.9 Å². The van der Waals surface area contributed by atoms with Crippen LogP contribution in [0.5, 0.6) is 0 Å². The summed E-state index contributed by atoms with van der Waals surface area (Å²) in [5.74, 6) is 0. The van der Waals surface area contributed by atoms with Crippen molar-refractivity contribution < 1.29 is 18.1 Å². The van der Waals surface area contributed by atoms with E-state index in [0.29, 0.717) is 29.6 Å². The van der Waals surface area contributed by atoms with Crippen LogP contribution in [0, 0.1) is 17.0 Å². The van der Waals surface area contributed by atoms with Gasteiger partial charge in [0.15, 0.2) is 0 Å². The Morgan fingerprint density at radius 3 is 2.32 bits per heavy atom. The number of rotatable bonds is 3. The molecule has 0 aromatic carbocycles. The van der Waals surface area contributed by atoms with Crippen LogP contribution in [0.2, 0.25) is 0 Å². The van der Waals surface area contributed by atoms with Crippen LogP contribution in [0.15, 0.2) is 24.3 Å². The van der Waals surface area contributed by atoms with E-state index >= 15 is 0 Å². The van der Waals surface area contributed by atoms with E-state index in [-0.39, 0.29) is 16.9 Å². The van der Waals surface area contributed by atoms with Gasteiger partial charge in [0.2, 0.25) is 0 Å². The predicted molar refractivity (Wildman–Crippen MR) is 138 cm³/mol. The average molecular weight is 508 g/mol. The molecule has 0 aliphatic carbocycles. The van der Waals surface area contributed by atoms with Crippen molar-refractivity contribution in [1.29, 1.82) is 0 Å². The van der Waals surface area contributed by atoms with Crippen LogP contribution in [0.1, 0.15) is 66.7 Å². The molecule has 0 unspecified atom stereocenters. The normalized spacial score (nSPS) is 13.5. The van der Waals surface area contributed by atoms with E-state index in [2.05, 4.69) is 19.9 Å². The molecule has 0 saturated carbocycles. The molecule has 0 fully saturated rings. The minimum Gasteiger partial charge on any atom is -0.355 e. The quantitative estimate of drug-likeness (QED) is 0.220. The molecular formula is C27H24F3N5O2. The largest absolute Gasteiger partial charge is 0.420 e. The van der Waals surface area contributed by atoms with Crippen LogP contribution < -0.4 is 0 Å². The van der Waals surface area contributed by atoms with E-state index in [0.717, 1.165) is 33.8 Å². The Kier molecular flexibility index (Phi) is 5.77. The number of allylic oxidation sites excluding steroid dienone is 2. The summed E-state index contributed by atoms with van der Waals surface area (Å²) < 4.78 is 42.7. The van der Waals surface area contributed by atoms with Gasteiger partial charge in [-0.15, -0.1) is 0 Å². The summed E-state index contributed by atoms with van der Waals surface area (Å²) in [6.45, 7) is 7.65. The fraction of sp³-hybridized carbons (Fsp3) is 0.259. The van der Waals surface area contributed by atoms with Crippen molar-refractivity contribution in [2.45, 2.75) is 46.7 Å². The third-order valence-electron chi connectivity index (χ3n) is 6.90. The number of hydrogen-bond donors (Lipinski definition) is 2. The standard InChI is InChI=1S/C27H24F3N5O2/c1-5-16-13(3)21-11-15-7-8-18(31-15)24(27(28,29)30)19-9-10-20(32-19)26(35(36)37)25-14(4)17(6-2)23(34-25)12-22(16)33-21/h7-12,31,33H,5-6H2,1-4H3. The molecule has 0 amide bonds. The van der Waals surface area contributed by atoms with E-state index in [1.54, 1.807) is 19.1 Å². The SMILES string of the molecule is CCC1=C(C)c2nc1cc1[nH]c(cc3ccc([nH]3)c(C(F)(F)F)c3nc(c2[N+](=O)[O-])C=C3)c(C)c1CC. The molecule has 190 valence electrons. The zero-order chi connectivity index (χ0) is 26.6. The Bertz CT molecular complexity index is 1690. The lowest BCUT2D eigenvalue weighted by Gasteiger charge is -2.07. The van der Waals surface area contributed by atoms with Gasteiger partial charge >= 0.3 is 11.9 Å². The first-order valence-electron chi connectivity index (χ1n) is 11.9. The number of H-pyrrole nitrogens is 2. The summed E-state index contributed by atoms with van der Waals surface area (Å²) in [4.78, 5) is 26.5. The number of nitrogens with one attached hydrogen (secondary N) is 2. The number of nitro groups is 1. The van der Waals surface area contributed by atoms with Gasteiger partial charge in [-0.25, -0.2) is 9.97 Å². The van der Waals surface area contributed by atoms with Crippen LogP contribution in [0.3, 0.4) is 0 Å². The lowest BCUT2D eigenvalue weighted by molar-refractivity contribution is -0.385. The maximum absolute atomic E-state index is 14.2. The fourth-order valence-corrected chi connectivity index (χ4v) is 5.11. The highest BCUT2D eigenvalue weighted by Crippen LogP contribution is 2.40. The molecule has 0 saturated heterocycles. The topological polar surface area (TPSA) is 100 Å². The van der Waals surface area contributed by atoms with Crippen LogP contribution in [0.4, 0.5) is 18.9 Å². The zero-order valence-corrected chi connectivity index (χ0v) is 20.7. The maximum atomic E-state index is 14.2. The van der Waals surface area contributed by atoms with E-state index in [9.17, 15) is 23.3 Å². The van der Waals surface area contributed by atoms with Gasteiger partial charge in [0.1, 0.15) is 17.0 Å². The van der Waals surface area contributed by atoms with Gasteiger partial charge in [-0.3, -0.25) is 10.1 Å². The molecule has 0 spiro atoms. The van der Waals surface area contributed by atoms with Gasteiger partial charge < -0.3 is 9.97 Å². The number of fused-ring (bicyclic) bond motifs is 8. The number of aryl methyl sites for hydroxylation is 2. The minimum atomic E-state index is -4.75. The molecule has 2 N–H and O–H groups in total. The summed E-state index contributed by atoms with van der Waals surface area (Å²) in [7, 11) is 0. The van der Waals surface area contributed by atoms with E-state index < -0.39 is 28.0 Å². The Balaban J connectivity index is 2.05. The molecule has 10 heteroatoms. The number of halogens is 3. The van der Waals surface area contributed by atoms with Gasteiger partial charge in [0.05, 0.1) is 21.8 Å². The van der Waals surface area contributed by atoms with Gasteiger partial charge in [-0.2, -0.15) is 13.2 Å². The highest BCUT2D eigenvalue weighted by molar-refractivity contribution is 5.95. The summed E-state index contributed by atoms with van der Waals surface area (Å²) in [5.41, 5.74) is 4.00. The number of aromatic nitrogens is 4. The smallest absolute Gasteiger partial charge is 0.355 e. The number of nitrogens with zero attached hydrogens (tertiary/aromatic N) is 3.